The highest BCUT2D eigenvalue weighted by Crippen LogP contribution is 2.31. The number of aryl methyl sites for hydroxylation is 1. The van der Waals surface area contributed by atoms with E-state index in [0.717, 1.165) is 43.8 Å². The van der Waals surface area contributed by atoms with Crippen LogP contribution in [0.25, 0.3) is 5.65 Å². The van der Waals surface area contributed by atoms with Gasteiger partial charge in [-0.05, 0) is 50.8 Å². The van der Waals surface area contributed by atoms with E-state index in [4.69, 9.17) is 4.98 Å². The summed E-state index contributed by atoms with van der Waals surface area (Å²) in [4.78, 5) is 21.8. The summed E-state index contributed by atoms with van der Waals surface area (Å²) in [5.74, 6) is 0.317. The van der Waals surface area contributed by atoms with E-state index in [9.17, 15) is 4.79 Å². The second kappa shape index (κ2) is 6.79. The third-order valence-electron chi connectivity index (χ3n) is 5.87. The van der Waals surface area contributed by atoms with Crippen LogP contribution in [0.4, 0.5) is 0 Å². The minimum Gasteiger partial charge on any atom is -0.338 e. The van der Waals surface area contributed by atoms with Crippen molar-refractivity contribution in [3.05, 3.63) is 35.8 Å². The van der Waals surface area contributed by atoms with Crippen molar-refractivity contribution in [3.63, 3.8) is 0 Å². The third-order valence-corrected chi connectivity index (χ3v) is 5.87. The van der Waals surface area contributed by atoms with Gasteiger partial charge >= 0.3 is 0 Å². The normalized spacial score (nSPS) is 24.5. The number of amides is 1. The van der Waals surface area contributed by atoms with Crippen molar-refractivity contribution in [2.45, 2.75) is 64.6 Å². The van der Waals surface area contributed by atoms with Gasteiger partial charge in [0.25, 0.3) is 0 Å². The predicted octanol–water partition coefficient (Wildman–Crippen LogP) is 3.01. The van der Waals surface area contributed by atoms with Crippen LogP contribution >= 0.6 is 0 Å². The molecule has 5 heteroatoms. The zero-order valence-corrected chi connectivity index (χ0v) is 15.3. The number of hydrogen-bond donors (Lipinski definition) is 0. The van der Waals surface area contributed by atoms with E-state index in [2.05, 4.69) is 45.7 Å². The van der Waals surface area contributed by atoms with Crippen LogP contribution < -0.4 is 0 Å². The van der Waals surface area contributed by atoms with Crippen molar-refractivity contribution < 1.29 is 4.79 Å². The average Bonchev–Trinajstić information content (AvgIpc) is 3.33. The molecule has 2 aromatic rings. The zero-order chi connectivity index (χ0) is 17.4. The Labute approximate surface area is 149 Å². The highest BCUT2D eigenvalue weighted by Gasteiger charge is 2.39. The number of nitrogens with zero attached hydrogens (tertiary/aromatic N) is 4. The summed E-state index contributed by atoms with van der Waals surface area (Å²) in [5.41, 5.74) is 3.40. The van der Waals surface area contributed by atoms with Crippen LogP contribution in [0.3, 0.4) is 0 Å². The number of hydrogen-bond acceptors (Lipinski definition) is 3. The summed E-state index contributed by atoms with van der Waals surface area (Å²) in [5, 5.41) is 0. The Balaban J connectivity index is 1.53. The topological polar surface area (TPSA) is 40.9 Å². The molecular formula is C20H28N4O. The van der Waals surface area contributed by atoms with Gasteiger partial charge in [-0.15, -0.1) is 0 Å². The van der Waals surface area contributed by atoms with Crippen LogP contribution in [0.2, 0.25) is 0 Å². The van der Waals surface area contributed by atoms with Crippen molar-refractivity contribution in [1.29, 1.82) is 0 Å². The highest BCUT2D eigenvalue weighted by atomic mass is 16.2. The van der Waals surface area contributed by atoms with Gasteiger partial charge in [0.1, 0.15) is 5.65 Å². The van der Waals surface area contributed by atoms with Gasteiger partial charge in [-0.3, -0.25) is 9.69 Å². The van der Waals surface area contributed by atoms with Crippen molar-refractivity contribution in [1.82, 2.24) is 19.2 Å². The van der Waals surface area contributed by atoms with E-state index in [1.54, 1.807) is 0 Å². The molecule has 0 aliphatic carbocycles. The number of carbonyl (C=O) groups is 1. The maximum Gasteiger partial charge on any atom is 0.222 e. The summed E-state index contributed by atoms with van der Waals surface area (Å²) in [6.45, 7) is 7.02. The number of imidazole rings is 1. The van der Waals surface area contributed by atoms with E-state index in [-0.39, 0.29) is 0 Å². The minimum atomic E-state index is 0.317. The molecule has 2 aliphatic heterocycles. The molecule has 0 radical (unpaired) electrons. The second-order valence-electron chi connectivity index (χ2n) is 7.48. The third kappa shape index (κ3) is 3.06. The van der Waals surface area contributed by atoms with Crippen molar-refractivity contribution >= 4 is 11.6 Å². The first-order chi connectivity index (χ1) is 12.2. The first-order valence-electron chi connectivity index (χ1n) is 9.64. The second-order valence-corrected chi connectivity index (χ2v) is 7.48. The SMILES string of the molecule is CCC(=O)N1CCCC1C1CCCN1Cc1cn2cccc(C)c2n1. The molecule has 0 bridgehead atoms. The minimum absolute atomic E-state index is 0.317. The first kappa shape index (κ1) is 16.6. The first-order valence-corrected chi connectivity index (χ1v) is 9.64. The molecule has 1 amide bonds. The summed E-state index contributed by atoms with van der Waals surface area (Å²) in [6.07, 6.45) is 9.56. The van der Waals surface area contributed by atoms with Crippen molar-refractivity contribution in [2.24, 2.45) is 0 Å². The lowest BCUT2D eigenvalue weighted by Crippen LogP contribution is -2.47. The van der Waals surface area contributed by atoms with Crippen LogP contribution in [0.15, 0.2) is 24.5 Å². The quantitative estimate of drug-likeness (QED) is 0.859. The largest absolute Gasteiger partial charge is 0.338 e. The maximum atomic E-state index is 12.3. The zero-order valence-electron chi connectivity index (χ0n) is 15.3. The number of aromatic nitrogens is 2. The molecule has 134 valence electrons. The smallest absolute Gasteiger partial charge is 0.222 e. The van der Waals surface area contributed by atoms with Gasteiger partial charge in [-0.25, -0.2) is 4.98 Å². The van der Waals surface area contributed by atoms with Crippen LogP contribution in [0.5, 0.6) is 0 Å². The number of fused-ring (bicyclic) bond motifs is 1. The predicted molar refractivity (Wildman–Crippen MR) is 98.4 cm³/mol. The molecule has 2 atom stereocenters. The Morgan fingerprint density at radius 3 is 2.84 bits per heavy atom. The Bertz CT molecular complexity index is 768. The molecule has 2 aliphatic rings. The molecule has 4 rings (SSSR count). The lowest BCUT2D eigenvalue weighted by molar-refractivity contribution is -0.132. The Kier molecular flexibility index (Phi) is 4.50. The molecule has 2 aromatic heterocycles. The van der Waals surface area contributed by atoms with Crippen LogP contribution in [-0.4, -0.2) is 50.3 Å². The average molecular weight is 340 g/mol. The molecule has 0 aromatic carbocycles. The summed E-state index contributed by atoms with van der Waals surface area (Å²) >= 11 is 0. The van der Waals surface area contributed by atoms with Gasteiger partial charge in [0.15, 0.2) is 0 Å². The molecule has 0 N–H and O–H groups in total. The summed E-state index contributed by atoms with van der Waals surface area (Å²) < 4.78 is 2.12. The molecule has 2 fully saturated rings. The number of likely N-dealkylation sites (tertiary alicyclic amines) is 2. The van der Waals surface area contributed by atoms with Crippen molar-refractivity contribution in [2.75, 3.05) is 13.1 Å². The number of rotatable bonds is 4. The lowest BCUT2D eigenvalue weighted by atomic mass is 10.0. The Morgan fingerprint density at radius 1 is 1.24 bits per heavy atom. The summed E-state index contributed by atoms with van der Waals surface area (Å²) in [6, 6.07) is 5.06. The molecule has 2 unspecified atom stereocenters. The van der Waals surface area contributed by atoms with Gasteiger partial charge in [0.05, 0.1) is 5.69 Å². The maximum absolute atomic E-state index is 12.3. The molecule has 25 heavy (non-hydrogen) atoms. The van der Waals surface area contributed by atoms with Crippen LogP contribution in [-0.2, 0) is 11.3 Å². The fraction of sp³-hybridized carbons (Fsp3) is 0.600. The molecule has 5 nitrogen and oxygen atoms in total. The Morgan fingerprint density at radius 2 is 2.04 bits per heavy atom. The van der Waals surface area contributed by atoms with Gasteiger partial charge in [-0.2, -0.15) is 0 Å². The van der Waals surface area contributed by atoms with E-state index < -0.39 is 0 Å². The van der Waals surface area contributed by atoms with Crippen molar-refractivity contribution in [3.8, 4) is 0 Å². The van der Waals surface area contributed by atoms with Gasteiger partial charge < -0.3 is 9.30 Å². The lowest BCUT2D eigenvalue weighted by Gasteiger charge is -2.34. The fourth-order valence-electron chi connectivity index (χ4n) is 4.68. The Hall–Kier alpha value is -1.88. The van der Waals surface area contributed by atoms with Gasteiger partial charge in [0.2, 0.25) is 5.91 Å². The molecule has 0 spiro atoms. The monoisotopic (exact) mass is 340 g/mol. The van der Waals surface area contributed by atoms with Gasteiger partial charge in [0, 0.05) is 44.0 Å². The number of pyridine rings is 1. The highest BCUT2D eigenvalue weighted by molar-refractivity contribution is 5.76. The molecule has 0 saturated carbocycles. The fourth-order valence-corrected chi connectivity index (χ4v) is 4.68. The standard InChI is InChI=1S/C20H28N4O/c1-3-19(25)24-12-6-9-18(24)17-8-5-10-22(17)13-16-14-23-11-4-7-15(2)20(23)21-16/h4,7,11,14,17-18H,3,5-6,8-10,12-13H2,1-2H3. The summed E-state index contributed by atoms with van der Waals surface area (Å²) in [7, 11) is 0. The van der Waals surface area contributed by atoms with E-state index in [1.807, 2.05) is 6.92 Å². The van der Waals surface area contributed by atoms with E-state index in [0.29, 0.717) is 24.4 Å². The van der Waals surface area contributed by atoms with Gasteiger partial charge in [-0.1, -0.05) is 13.0 Å². The van der Waals surface area contributed by atoms with E-state index >= 15 is 0 Å². The number of carbonyl (C=O) groups excluding carboxylic acids is 1. The van der Waals surface area contributed by atoms with E-state index in [1.165, 1.54) is 18.4 Å². The van der Waals surface area contributed by atoms with Crippen LogP contribution in [0, 0.1) is 6.92 Å². The molecule has 4 heterocycles. The molecule has 2 saturated heterocycles. The molecular weight excluding hydrogens is 312 g/mol. The van der Waals surface area contributed by atoms with Crippen LogP contribution in [0.1, 0.15) is 50.3 Å².